The van der Waals surface area contributed by atoms with Crippen molar-refractivity contribution >= 4 is 27.5 Å². The lowest BCUT2D eigenvalue weighted by molar-refractivity contribution is -0.124. The molecule has 9 heteroatoms. The van der Waals surface area contributed by atoms with Gasteiger partial charge < -0.3 is 15.4 Å². The Morgan fingerprint density at radius 2 is 1.97 bits per heavy atom. The molecule has 2 aromatic carbocycles. The van der Waals surface area contributed by atoms with Gasteiger partial charge in [-0.15, -0.1) is 0 Å². The minimum atomic E-state index is -3.94. The van der Waals surface area contributed by atoms with Crippen LogP contribution in [0.4, 0.5) is 5.69 Å². The highest BCUT2D eigenvalue weighted by Crippen LogP contribution is 2.37. The van der Waals surface area contributed by atoms with E-state index in [1.807, 2.05) is 31.2 Å². The second kappa shape index (κ2) is 8.55. The number of amides is 2. The van der Waals surface area contributed by atoms with Crippen molar-refractivity contribution in [2.24, 2.45) is 0 Å². The van der Waals surface area contributed by atoms with Gasteiger partial charge in [-0.05, 0) is 56.4 Å². The van der Waals surface area contributed by atoms with Crippen LogP contribution in [0, 0.1) is 13.8 Å². The molecule has 0 bridgehead atoms. The monoisotopic (exact) mass is 457 g/mol. The van der Waals surface area contributed by atoms with Crippen LogP contribution in [-0.2, 0) is 26.2 Å². The molecule has 8 nitrogen and oxygen atoms in total. The third-order valence-corrected chi connectivity index (χ3v) is 8.07. The number of nitrogens with zero attached hydrogens (tertiary/aromatic N) is 1. The van der Waals surface area contributed by atoms with Crippen molar-refractivity contribution in [2.45, 2.75) is 57.2 Å². The highest BCUT2D eigenvalue weighted by molar-refractivity contribution is 7.89. The third-order valence-electron chi connectivity index (χ3n) is 6.02. The smallest absolute Gasteiger partial charge is 0.265 e. The Hall–Kier alpha value is -2.91. The topological polar surface area (TPSA) is 105 Å². The fourth-order valence-corrected chi connectivity index (χ4v) is 6.03. The average molecular weight is 458 g/mol. The van der Waals surface area contributed by atoms with Crippen molar-refractivity contribution in [1.82, 2.24) is 9.62 Å². The van der Waals surface area contributed by atoms with Crippen LogP contribution in [0.15, 0.2) is 41.3 Å². The van der Waals surface area contributed by atoms with Gasteiger partial charge in [0.2, 0.25) is 15.9 Å². The summed E-state index contributed by atoms with van der Waals surface area (Å²) >= 11 is 0. The lowest BCUT2D eigenvalue weighted by Crippen LogP contribution is -2.45. The number of hydrogen-bond acceptors (Lipinski definition) is 5. The molecule has 1 fully saturated rings. The first-order valence-corrected chi connectivity index (χ1v) is 12.1. The van der Waals surface area contributed by atoms with E-state index in [4.69, 9.17) is 4.74 Å². The van der Waals surface area contributed by atoms with Gasteiger partial charge in [-0.25, -0.2) is 8.42 Å². The highest BCUT2D eigenvalue weighted by atomic mass is 32.2. The summed E-state index contributed by atoms with van der Waals surface area (Å²) in [5.74, 6) is -0.277. The molecule has 0 aromatic heterocycles. The van der Waals surface area contributed by atoms with E-state index in [0.717, 1.165) is 11.1 Å². The number of carbonyl (C=O) groups excluding carboxylic acids is 2. The van der Waals surface area contributed by atoms with Crippen molar-refractivity contribution in [3.8, 4) is 5.75 Å². The number of sulfonamides is 1. The molecule has 2 atom stereocenters. The fourth-order valence-electron chi connectivity index (χ4n) is 4.15. The highest BCUT2D eigenvalue weighted by Gasteiger charge is 2.40. The molecular formula is C23H27N3O5S. The van der Waals surface area contributed by atoms with E-state index < -0.39 is 22.2 Å². The molecule has 2 aliphatic rings. The van der Waals surface area contributed by atoms with Crippen molar-refractivity contribution in [3.63, 3.8) is 0 Å². The zero-order chi connectivity index (χ0) is 23.0. The molecule has 0 spiro atoms. The lowest BCUT2D eigenvalue weighted by atomic mass is 10.1. The van der Waals surface area contributed by atoms with Gasteiger partial charge in [0.25, 0.3) is 5.91 Å². The number of rotatable bonds is 5. The van der Waals surface area contributed by atoms with Crippen LogP contribution in [0.5, 0.6) is 5.75 Å². The van der Waals surface area contributed by atoms with Gasteiger partial charge in [0.15, 0.2) is 6.10 Å². The molecule has 2 heterocycles. The summed E-state index contributed by atoms with van der Waals surface area (Å²) in [4.78, 5) is 24.9. The van der Waals surface area contributed by atoms with Crippen LogP contribution in [0.3, 0.4) is 0 Å². The number of aryl methyl sites for hydroxylation is 2. The Morgan fingerprint density at radius 3 is 2.72 bits per heavy atom. The van der Waals surface area contributed by atoms with Crippen LogP contribution >= 0.6 is 0 Å². The zero-order valence-corrected chi connectivity index (χ0v) is 19.2. The molecule has 0 aliphatic carbocycles. The molecule has 4 rings (SSSR count). The van der Waals surface area contributed by atoms with Gasteiger partial charge in [0.1, 0.15) is 11.8 Å². The summed E-state index contributed by atoms with van der Waals surface area (Å²) in [6, 6.07) is 10.0. The Balaban J connectivity index is 1.57. The number of ether oxygens (including phenoxy) is 1. The van der Waals surface area contributed by atoms with E-state index in [2.05, 4.69) is 10.6 Å². The minimum Gasteiger partial charge on any atom is -0.479 e. The first-order valence-electron chi connectivity index (χ1n) is 10.6. The summed E-state index contributed by atoms with van der Waals surface area (Å²) in [5.41, 5.74) is 2.98. The fraction of sp³-hybridized carbons (Fsp3) is 0.391. The van der Waals surface area contributed by atoms with E-state index in [9.17, 15) is 18.0 Å². The van der Waals surface area contributed by atoms with Crippen molar-refractivity contribution in [2.75, 3.05) is 11.9 Å². The van der Waals surface area contributed by atoms with Gasteiger partial charge in [-0.3, -0.25) is 9.59 Å². The quantitative estimate of drug-likeness (QED) is 0.718. The second-order valence-corrected chi connectivity index (χ2v) is 10.1. The second-order valence-electron chi connectivity index (χ2n) is 8.28. The molecular weight excluding hydrogens is 430 g/mol. The normalized spacial score (nSPS) is 20.9. The molecule has 0 saturated carbocycles. The molecule has 32 heavy (non-hydrogen) atoms. The van der Waals surface area contributed by atoms with Gasteiger partial charge in [-0.1, -0.05) is 24.3 Å². The molecule has 0 radical (unpaired) electrons. The van der Waals surface area contributed by atoms with Gasteiger partial charge >= 0.3 is 0 Å². The largest absolute Gasteiger partial charge is 0.479 e. The summed E-state index contributed by atoms with van der Waals surface area (Å²) in [7, 11) is -3.94. The lowest BCUT2D eigenvalue weighted by Gasteiger charge is -2.27. The van der Waals surface area contributed by atoms with E-state index >= 15 is 0 Å². The number of benzene rings is 2. The van der Waals surface area contributed by atoms with E-state index in [1.54, 1.807) is 19.9 Å². The Morgan fingerprint density at radius 1 is 1.22 bits per heavy atom. The molecule has 2 aliphatic heterocycles. The number of nitrogens with one attached hydrogen (secondary N) is 2. The minimum absolute atomic E-state index is 0.0817. The van der Waals surface area contributed by atoms with Crippen LogP contribution < -0.4 is 15.4 Å². The van der Waals surface area contributed by atoms with Gasteiger partial charge in [0.05, 0.1) is 10.6 Å². The summed E-state index contributed by atoms with van der Waals surface area (Å²) in [6.07, 6.45) is 0.356. The van der Waals surface area contributed by atoms with Crippen LogP contribution in [0.2, 0.25) is 0 Å². The zero-order valence-electron chi connectivity index (χ0n) is 18.3. The van der Waals surface area contributed by atoms with Crippen LogP contribution in [0.1, 0.15) is 36.5 Å². The maximum Gasteiger partial charge on any atom is 0.265 e. The van der Waals surface area contributed by atoms with E-state index in [-0.39, 0.29) is 23.3 Å². The van der Waals surface area contributed by atoms with Crippen molar-refractivity contribution < 1.29 is 22.7 Å². The van der Waals surface area contributed by atoms with Crippen molar-refractivity contribution in [1.29, 1.82) is 0 Å². The van der Waals surface area contributed by atoms with Crippen molar-refractivity contribution in [3.05, 3.63) is 53.1 Å². The average Bonchev–Trinajstić information content (AvgIpc) is 3.25. The maximum atomic E-state index is 13.5. The van der Waals surface area contributed by atoms with E-state index in [1.165, 1.54) is 10.4 Å². The molecule has 170 valence electrons. The summed E-state index contributed by atoms with van der Waals surface area (Å²) < 4.78 is 33.9. The Bertz CT molecular complexity index is 1180. The predicted molar refractivity (Wildman–Crippen MR) is 120 cm³/mol. The molecule has 1 saturated heterocycles. The maximum absolute atomic E-state index is 13.5. The number of carbonyl (C=O) groups is 2. The predicted octanol–water partition coefficient (Wildman–Crippen LogP) is 2.49. The van der Waals surface area contributed by atoms with Crippen LogP contribution in [-0.4, -0.2) is 43.2 Å². The number of anilines is 1. The van der Waals surface area contributed by atoms with Gasteiger partial charge in [0, 0.05) is 19.2 Å². The molecule has 2 N–H and O–H groups in total. The first-order chi connectivity index (χ1) is 15.2. The standard InChI is InChI=1S/C23H27N3O5S/c1-14-7-4-5-8-17(14)13-24-23(28)19-9-6-10-26(19)32(29,30)21-12-20-18(11-15(21)2)25-22(27)16(3)31-20/h4-5,7-8,11-12,16,19H,6,9-10,13H2,1-3H3,(H,24,28)(H,25,27). The Kier molecular flexibility index (Phi) is 5.96. The first kappa shape index (κ1) is 22.3. The number of fused-ring (bicyclic) bond motifs is 1. The molecule has 2 unspecified atom stereocenters. The third kappa shape index (κ3) is 4.10. The van der Waals surface area contributed by atoms with E-state index in [0.29, 0.717) is 36.4 Å². The summed E-state index contributed by atoms with van der Waals surface area (Å²) in [6.45, 7) is 5.86. The van der Waals surface area contributed by atoms with Crippen LogP contribution in [0.25, 0.3) is 0 Å². The number of hydrogen-bond donors (Lipinski definition) is 2. The molecule has 2 amide bonds. The SMILES string of the molecule is Cc1ccccc1CNC(=O)C1CCCN1S(=O)(=O)c1cc2c(cc1C)NC(=O)C(C)O2. The summed E-state index contributed by atoms with van der Waals surface area (Å²) in [5, 5.41) is 5.62. The Labute approximate surface area is 188 Å². The van der Waals surface area contributed by atoms with Gasteiger partial charge in [-0.2, -0.15) is 4.31 Å². The molecule has 2 aromatic rings.